The SMILES string of the molecule is COC(CN)C(=O)Nc1ccc(OCCC(N)=O)cc1. The van der Waals surface area contributed by atoms with Crippen LogP contribution in [-0.2, 0) is 14.3 Å². The zero-order chi connectivity index (χ0) is 15.0. The fourth-order valence-corrected chi connectivity index (χ4v) is 1.44. The zero-order valence-corrected chi connectivity index (χ0v) is 11.3. The van der Waals surface area contributed by atoms with E-state index in [1.54, 1.807) is 24.3 Å². The molecule has 0 aliphatic carbocycles. The molecular weight excluding hydrogens is 262 g/mol. The fraction of sp³-hybridized carbons (Fsp3) is 0.385. The Morgan fingerprint density at radius 2 is 1.95 bits per heavy atom. The van der Waals surface area contributed by atoms with Crippen LogP contribution in [0.2, 0.25) is 0 Å². The van der Waals surface area contributed by atoms with Crippen molar-refractivity contribution in [3.63, 3.8) is 0 Å². The highest BCUT2D eigenvalue weighted by Gasteiger charge is 2.15. The van der Waals surface area contributed by atoms with Crippen molar-refractivity contribution in [3.8, 4) is 5.75 Å². The molecular formula is C13H19N3O4. The third-order valence-corrected chi connectivity index (χ3v) is 2.53. The van der Waals surface area contributed by atoms with Gasteiger partial charge in [0.15, 0.2) is 0 Å². The molecule has 20 heavy (non-hydrogen) atoms. The summed E-state index contributed by atoms with van der Waals surface area (Å²) in [5.74, 6) is -0.134. The molecule has 0 bridgehead atoms. The van der Waals surface area contributed by atoms with Gasteiger partial charge in [-0.15, -0.1) is 0 Å². The van der Waals surface area contributed by atoms with Crippen LogP contribution in [0.25, 0.3) is 0 Å². The molecule has 0 aliphatic rings. The van der Waals surface area contributed by atoms with E-state index in [2.05, 4.69) is 5.32 Å². The molecule has 0 aliphatic heterocycles. The second-order valence-corrected chi connectivity index (χ2v) is 4.04. The number of carbonyl (C=O) groups excluding carboxylic acids is 2. The van der Waals surface area contributed by atoms with Crippen LogP contribution >= 0.6 is 0 Å². The fourth-order valence-electron chi connectivity index (χ4n) is 1.44. The summed E-state index contributed by atoms with van der Waals surface area (Å²) in [6, 6.07) is 6.73. The van der Waals surface area contributed by atoms with Gasteiger partial charge in [0.1, 0.15) is 11.9 Å². The molecule has 0 spiro atoms. The predicted molar refractivity (Wildman–Crippen MR) is 74.2 cm³/mol. The summed E-state index contributed by atoms with van der Waals surface area (Å²) in [5, 5.41) is 2.67. The lowest BCUT2D eigenvalue weighted by atomic mass is 10.2. The minimum Gasteiger partial charge on any atom is -0.493 e. The first-order valence-corrected chi connectivity index (χ1v) is 6.11. The van der Waals surface area contributed by atoms with E-state index in [4.69, 9.17) is 20.9 Å². The number of primary amides is 1. The van der Waals surface area contributed by atoms with Crippen molar-refractivity contribution in [1.82, 2.24) is 0 Å². The van der Waals surface area contributed by atoms with E-state index >= 15 is 0 Å². The van der Waals surface area contributed by atoms with E-state index < -0.39 is 12.0 Å². The maximum absolute atomic E-state index is 11.7. The molecule has 2 amide bonds. The monoisotopic (exact) mass is 281 g/mol. The van der Waals surface area contributed by atoms with Crippen molar-refractivity contribution >= 4 is 17.5 Å². The normalized spacial score (nSPS) is 11.7. The molecule has 1 unspecified atom stereocenters. The van der Waals surface area contributed by atoms with E-state index in [9.17, 15) is 9.59 Å². The lowest BCUT2D eigenvalue weighted by Gasteiger charge is -2.13. The minimum atomic E-state index is -0.679. The number of ether oxygens (including phenoxy) is 2. The number of nitrogens with two attached hydrogens (primary N) is 2. The van der Waals surface area contributed by atoms with Crippen molar-refractivity contribution in [2.75, 3.05) is 25.6 Å². The number of methoxy groups -OCH3 is 1. The number of hydrogen-bond acceptors (Lipinski definition) is 5. The maximum Gasteiger partial charge on any atom is 0.254 e. The number of benzene rings is 1. The highest BCUT2D eigenvalue weighted by Crippen LogP contribution is 2.16. The summed E-state index contributed by atoms with van der Waals surface area (Å²) >= 11 is 0. The average Bonchev–Trinajstić information content (AvgIpc) is 2.42. The molecule has 1 rings (SSSR count). The Bertz CT molecular complexity index is 443. The molecule has 0 saturated carbocycles. The van der Waals surface area contributed by atoms with Crippen LogP contribution in [0.15, 0.2) is 24.3 Å². The molecule has 7 heteroatoms. The largest absolute Gasteiger partial charge is 0.493 e. The van der Waals surface area contributed by atoms with Crippen molar-refractivity contribution < 1.29 is 19.1 Å². The van der Waals surface area contributed by atoms with E-state index in [0.717, 1.165) is 0 Å². The second-order valence-electron chi connectivity index (χ2n) is 4.04. The van der Waals surface area contributed by atoms with E-state index in [1.165, 1.54) is 7.11 Å². The summed E-state index contributed by atoms with van der Waals surface area (Å²) in [6.45, 7) is 0.330. The average molecular weight is 281 g/mol. The molecule has 1 atom stereocenters. The van der Waals surface area contributed by atoms with Gasteiger partial charge in [-0.1, -0.05) is 0 Å². The van der Waals surface area contributed by atoms with Gasteiger partial charge in [0.05, 0.1) is 13.0 Å². The molecule has 0 heterocycles. The maximum atomic E-state index is 11.7. The molecule has 5 N–H and O–H groups in total. The first-order valence-electron chi connectivity index (χ1n) is 6.11. The van der Waals surface area contributed by atoms with Crippen LogP contribution in [-0.4, -0.2) is 38.2 Å². The second kappa shape index (κ2) is 8.13. The Morgan fingerprint density at radius 3 is 2.45 bits per heavy atom. The Kier molecular flexibility index (Phi) is 6.48. The van der Waals surface area contributed by atoms with E-state index in [0.29, 0.717) is 11.4 Å². The standard InChI is InChI=1S/C13H19N3O4/c1-19-11(8-14)13(18)16-9-2-4-10(5-3-9)20-7-6-12(15)17/h2-5,11H,6-8,14H2,1H3,(H2,15,17)(H,16,18). The van der Waals surface area contributed by atoms with Gasteiger partial charge in [0.25, 0.3) is 5.91 Å². The van der Waals surface area contributed by atoms with Gasteiger partial charge < -0.3 is 26.3 Å². The van der Waals surface area contributed by atoms with Gasteiger partial charge in [0.2, 0.25) is 5.91 Å². The Hall–Kier alpha value is -2.12. The zero-order valence-electron chi connectivity index (χ0n) is 11.3. The highest BCUT2D eigenvalue weighted by molar-refractivity contribution is 5.94. The van der Waals surface area contributed by atoms with Crippen LogP contribution in [0.4, 0.5) is 5.69 Å². The van der Waals surface area contributed by atoms with Crippen LogP contribution in [0.1, 0.15) is 6.42 Å². The first kappa shape index (κ1) is 15.9. The van der Waals surface area contributed by atoms with Gasteiger partial charge >= 0.3 is 0 Å². The lowest BCUT2D eigenvalue weighted by Crippen LogP contribution is -2.35. The quantitative estimate of drug-likeness (QED) is 0.613. The molecule has 0 radical (unpaired) electrons. The van der Waals surface area contributed by atoms with Gasteiger partial charge in [-0.3, -0.25) is 9.59 Å². The number of nitrogens with one attached hydrogen (secondary N) is 1. The number of anilines is 1. The highest BCUT2D eigenvalue weighted by atomic mass is 16.5. The van der Waals surface area contributed by atoms with Crippen molar-refractivity contribution in [1.29, 1.82) is 0 Å². The summed E-state index contributed by atoms with van der Waals surface area (Å²) in [6.07, 6.45) is -0.522. The minimum absolute atomic E-state index is 0.108. The molecule has 1 aromatic rings. The summed E-state index contributed by atoms with van der Waals surface area (Å²) in [7, 11) is 1.42. The van der Waals surface area contributed by atoms with Crippen molar-refractivity contribution in [2.45, 2.75) is 12.5 Å². The van der Waals surface area contributed by atoms with Gasteiger partial charge in [-0.2, -0.15) is 0 Å². The first-order chi connectivity index (χ1) is 9.56. The lowest BCUT2D eigenvalue weighted by molar-refractivity contribution is -0.125. The van der Waals surface area contributed by atoms with Crippen LogP contribution in [0.3, 0.4) is 0 Å². The Morgan fingerprint density at radius 1 is 1.30 bits per heavy atom. The van der Waals surface area contributed by atoms with Crippen LogP contribution in [0.5, 0.6) is 5.75 Å². The van der Waals surface area contributed by atoms with E-state index in [-0.39, 0.29) is 25.5 Å². The van der Waals surface area contributed by atoms with E-state index in [1.807, 2.05) is 0 Å². The molecule has 0 aromatic heterocycles. The summed E-state index contributed by atoms with van der Waals surface area (Å²) in [4.78, 5) is 22.3. The number of carbonyl (C=O) groups is 2. The van der Waals surface area contributed by atoms with Crippen molar-refractivity contribution in [2.24, 2.45) is 11.5 Å². The van der Waals surface area contributed by atoms with Crippen LogP contribution < -0.4 is 21.5 Å². The Labute approximate surface area is 117 Å². The Balaban J connectivity index is 2.49. The van der Waals surface area contributed by atoms with Gasteiger partial charge in [-0.05, 0) is 24.3 Å². The van der Waals surface area contributed by atoms with Crippen LogP contribution in [0, 0.1) is 0 Å². The molecule has 1 aromatic carbocycles. The molecule has 0 fully saturated rings. The number of amides is 2. The molecule has 110 valence electrons. The van der Waals surface area contributed by atoms with Crippen molar-refractivity contribution in [3.05, 3.63) is 24.3 Å². The van der Waals surface area contributed by atoms with Gasteiger partial charge in [-0.25, -0.2) is 0 Å². The number of rotatable bonds is 8. The van der Waals surface area contributed by atoms with Gasteiger partial charge in [0, 0.05) is 19.3 Å². The topological polar surface area (TPSA) is 117 Å². The third kappa shape index (κ3) is 5.25. The molecule has 0 saturated heterocycles. The summed E-state index contributed by atoms with van der Waals surface area (Å²) < 4.78 is 10.2. The number of hydrogen-bond donors (Lipinski definition) is 3. The summed E-state index contributed by atoms with van der Waals surface area (Å²) in [5.41, 5.74) is 11.0. The smallest absolute Gasteiger partial charge is 0.254 e. The predicted octanol–water partition coefficient (Wildman–Crippen LogP) is -0.147. The molecule has 7 nitrogen and oxygen atoms in total. The third-order valence-electron chi connectivity index (χ3n) is 2.53.